The van der Waals surface area contributed by atoms with Gasteiger partial charge in [-0.2, -0.15) is 0 Å². The molecule has 3 unspecified atom stereocenters. The zero-order chi connectivity index (χ0) is 13.3. The van der Waals surface area contributed by atoms with Crippen molar-refractivity contribution in [2.75, 3.05) is 19.6 Å². The SMILES string of the molecule is CC1CCCN(C(=O)N2CCC(N)C2)C1C(=O)O. The molecular formula is C12H21N3O3. The Kier molecular flexibility index (Phi) is 3.75. The maximum Gasteiger partial charge on any atom is 0.326 e. The topological polar surface area (TPSA) is 86.9 Å². The number of nitrogens with two attached hydrogens (primary N) is 1. The zero-order valence-corrected chi connectivity index (χ0v) is 10.7. The van der Waals surface area contributed by atoms with E-state index in [9.17, 15) is 14.7 Å². The van der Waals surface area contributed by atoms with Crippen LogP contribution in [0.25, 0.3) is 0 Å². The first kappa shape index (κ1) is 13.1. The van der Waals surface area contributed by atoms with E-state index in [1.165, 1.54) is 4.90 Å². The highest BCUT2D eigenvalue weighted by atomic mass is 16.4. The summed E-state index contributed by atoms with van der Waals surface area (Å²) >= 11 is 0. The first-order valence-electron chi connectivity index (χ1n) is 6.54. The van der Waals surface area contributed by atoms with Gasteiger partial charge < -0.3 is 20.6 Å². The van der Waals surface area contributed by atoms with E-state index in [4.69, 9.17) is 5.73 Å². The molecule has 6 heteroatoms. The average Bonchev–Trinajstić information content (AvgIpc) is 2.74. The van der Waals surface area contributed by atoms with Crippen molar-refractivity contribution in [3.05, 3.63) is 0 Å². The van der Waals surface area contributed by atoms with Gasteiger partial charge in [0.05, 0.1) is 0 Å². The van der Waals surface area contributed by atoms with Gasteiger partial charge in [0.1, 0.15) is 6.04 Å². The molecule has 2 saturated heterocycles. The number of nitrogens with zero attached hydrogens (tertiary/aromatic N) is 2. The van der Waals surface area contributed by atoms with Crippen LogP contribution in [0.3, 0.4) is 0 Å². The monoisotopic (exact) mass is 255 g/mol. The van der Waals surface area contributed by atoms with Crippen molar-refractivity contribution in [1.82, 2.24) is 9.80 Å². The van der Waals surface area contributed by atoms with Crippen LogP contribution in [0.5, 0.6) is 0 Å². The fourth-order valence-electron chi connectivity index (χ4n) is 2.92. The molecule has 0 aromatic heterocycles. The van der Waals surface area contributed by atoms with Crippen molar-refractivity contribution in [3.8, 4) is 0 Å². The molecule has 3 N–H and O–H groups in total. The quantitative estimate of drug-likeness (QED) is 0.706. The first-order valence-corrected chi connectivity index (χ1v) is 6.54. The molecule has 102 valence electrons. The smallest absolute Gasteiger partial charge is 0.326 e. The lowest BCUT2D eigenvalue weighted by atomic mass is 9.91. The second-order valence-corrected chi connectivity index (χ2v) is 5.37. The van der Waals surface area contributed by atoms with Gasteiger partial charge in [0, 0.05) is 25.7 Å². The number of aliphatic carboxylic acids is 1. The van der Waals surface area contributed by atoms with Crippen molar-refractivity contribution in [2.45, 2.75) is 38.3 Å². The van der Waals surface area contributed by atoms with Gasteiger partial charge in [0.15, 0.2) is 0 Å². The summed E-state index contributed by atoms with van der Waals surface area (Å²) in [6.45, 7) is 3.60. The van der Waals surface area contributed by atoms with Crippen LogP contribution in [0.15, 0.2) is 0 Å². The Morgan fingerprint density at radius 3 is 2.56 bits per heavy atom. The molecule has 2 aliphatic heterocycles. The van der Waals surface area contributed by atoms with E-state index in [1.54, 1.807) is 4.90 Å². The Labute approximate surface area is 107 Å². The Balaban J connectivity index is 2.09. The van der Waals surface area contributed by atoms with E-state index in [1.807, 2.05) is 6.92 Å². The first-order chi connectivity index (χ1) is 8.50. The van der Waals surface area contributed by atoms with Gasteiger partial charge in [-0.25, -0.2) is 9.59 Å². The Bertz CT molecular complexity index is 347. The fourth-order valence-corrected chi connectivity index (χ4v) is 2.92. The normalized spacial score (nSPS) is 32.7. The van der Waals surface area contributed by atoms with Crippen molar-refractivity contribution in [1.29, 1.82) is 0 Å². The Hall–Kier alpha value is -1.30. The number of carboxylic acids is 1. The number of carbonyl (C=O) groups excluding carboxylic acids is 1. The van der Waals surface area contributed by atoms with Crippen LogP contribution in [0.2, 0.25) is 0 Å². The number of rotatable bonds is 1. The second-order valence-electron chi connectivity index (χ2n) is 5.37. The summed E-state index contributed by atoms with van der Waals surface area (Å²) in [4.78, 5) is 26.8. The van der Waals surface area contributed by atoms with Gasteiger partial charge >= 0.3 is 12.0 Å². The molecule has 3 atom stereocenters. The van der Waals surface area contributed by atoms with Gasteiger partial charge in [0.25, 0.3) is 0 Å². The minimum Gasteiger partial charge on any atom is -0.480 e. The predicted octanol–water partition coefficient (Wildman–Crippen LogP) is 0.325. The molecule has 0 bridgehead atoms. The molecule has 2 rings (SSSR count). The zero-order valence-electron chi connectivity index (χ0n) is 10.7. The number of urea groups is 1. The maximum absolute atomic E-state index is 12.3. The molecule has 0 aliphatic carbocycles. The Morgan fingerprint density at radius 1 is 1.28 bits per heavy atom. The fraction of sp³-hybridized carbons (Fsp3) is 0.833. The molecule has 2 aliphatic rings. The number of carboxylic acid groups (broad SMARTS) is 1. The van der Waals surface area contributed by atoms with E-state index in [0.29, 0.717) is 19.6 Å². The van der Waals surface area contributed by atoms with E-state index >= 15 is 0 Å². The van der Waals surface area contributed by atoms with Crippen molar-refractivity contribution in [3.63, 3.8) is 0 Å². The van der Waals surface area contributed by atoms with Crippen molar-refractivity contribution < 1.29 is 14.7 Å². The van der Waals surface area contributed by atoms with Crippen molar-refractivity contribution >= 4 is 12.0 Å². The average molecular weight is 255 g/mol. The number of piperidine rings is 1. The highest BCUT2D eigenvalue weighted by Gasteiger charge is 2.39. The summed E-state index contributed by atoms with van der Waals surface area (Å²) in [6.07, 6.45) is 2.53. The largest absolute Gasteiger partial charge is 0.480 e. The van der Waals surface area contributed by atoms with Gasteiger partial charge in [-0.3, -0.25) is 0 Å². The molecule has 0 spiro atoms. The molecular weight excluding hydrogens is 234 g/mol. The predicted molar refractivity (Wildman–Crippen MR) is 66.1 cm³/mol. The number of carbonyl (C=O) groups is 2. The summed E-state index contributed by atoms with van der Waals surface area (Å²) in [5.74, 6) is -0.893. The molecule has 6 nitrogen and oxygen atoms in total. The van der Waals surface area contributed by atoms with Crippen LogP contribution in [-0.2, 0) is 4.79 Å². The van der Waals surface area contributed by atoms with Crippen molar-refractivity contribution in [2.24, 2.45) is 11.7 Å². The van der Waals surface area contributed by atoms with Crippen LogP contribution in [0.4, 0.5) is 4.79 Å². The summed E-state index contributed by atoms with van der Waals surface area (Å²) in [5, 5.41) is 9.29. The van der Waals surface area contributed by atoms with E-state index in [2.05, 4.69) is 0 Å². The third-order valence-electron chi connectivity index (χ3n) is 3.93. The maximum atomic E-state index is 12.3. The van der Waals surface area contributed by atoms with Gasteiger partial charge in [0.2, 0.25) is 0 Å². The number of hydrogen-bond donors (Lipinski definition) is 2. The summed E-state index contributed by atoms with van der Waals surface area (Å²) in [7, 11) is 0. The van der Waals surface area contributed by atoms with E-state index < -0.39 is 12.0 Å². The lowest BCUT2D eigenvalue weighted by molar-refractivity contribution is -0.145. The molecule has 18 heavy (non-hydrogen) atoms. The molecule has 2 heterocycles. The summed E-state index contributed by atoms with van der Waals surface area (Å²) in [5.41, 5.74) is 5.79. The molecule has 0 aromatic carbocycles. The Morgan fingerprint density at radius 2 is 2.00 bits per heavy atom. The molecule has 0 saturated carbocycles. The molecule has 2 amide bonds. The number of amides is 2. The molecule has 0 radical (unpaired) electrons. The van der Waals surface area contributed by atoms with Crippen LogP contribution in [-0.4, -0.2) is 58.6 Å². The number of likely N-dealkylation sites (tertiary alicyclic amines) is 2. The van der Waals surface area contributed by atoms with Crippen LogP contribution in [0, 0.1) is 5.92 Å². The molecule has 2 fully saturated rings. The molecule has 0 aromatic rings. The van der Waals surface area contributed by atoms with Gasteiger partial charge in [-0.05, 0) is 25.2 Å². The van der Waals surface area contributed by atoms with Crippen LogP contribution >= 0.6 is 0 Å². The highest BCUT2D eigenvalue weighted by molar-refractivity contribution is 5.83. The lowest BCUT2D eigenvalue weighted by Crippen LogP contribution is -2.55. The van der Waals surface area contributed by atoms with Crippen LogP contribution < -0.4 is 5.73 Å². The minimum atomic E-state index is -0.904. The second kappa shape index (κ2) is 5.14. The lowest BCUT2D eigenvalue weighted by Gasteiger charge is -2.39. The highest BCUT2D eigenvalue weighted by Crippen LogP contribution is 2.25. The van der Waals surface area contributed by atoms with Gasteiger partial charge in [-0.1, -0.05) is 6.92 Å². The third kappa shape index (κ3) is 2.43. The van der Waals surface area contributed by atoms with E-state index in [-0.39, 0.29) is 18.0 Å². The number of hydrogen-bond acceptors (Lipinski definition) is 3. The third-order valence-corrected chi connectivity index (χ3v) is 3.93. The summed E-state index contributed by atoms with van der Waals surface area (Å²) < 4.78 is 0. The van der Waals surface area contributed by atoms with Gasteiger partial charge in [-0.15, -0.1) is 0 Å². The van der Waals surface area contributed by atoms with E-state index in [0.717, 1.165) is 19.3 Å². The summed E-state index contributed by atoms with van der Waals surface area (Å²) in [6, 6.07) is -0.829. The van der Waals surface area contributed by atoms with Crippen LogP contribution in [0.1, 0.15) is 26.2 Å². The standard InChI is InChI=1S/C12H21N3O3/c1-8-3-2-5-15(10(8)11(16)17)12(18)14-6-4-9(13)7-14/h8-10H,2-7,13H2,1H3,(H,16,17). The minimum absolute atomic E-state index is 0.0106.